The second kappa shape index (κ2) is 7.72. The number of piperidine rings is 1. The molecule has 140 valence electrons. The smallest absolute Gasteiger partial charge is 0.414 e. The van der Waals surface area contributed by atoms with E-state index < -0.39 is 18.0 Å². The van der Waals surface area contributed by atoms with E-state index in [0.717, 1.165) is 0 Å². The molecule has 2 heterocycles. The van der Waals surface area contributed by atoms with Gasteiger partial charge in [-0.15, -0.1) is 0 Å². The Morgan fingerprint density at radius 3 is 2.88 bits per heavy atom. The molecule has 0 saturated carbocycles. The van der Waals surface area contributed by atoms with Crippen LogP contribution in [-0.4, -0.2) is 43.6 Å². The first kappa shape index (κ1) is 18.2. The summed E-state index contributed by atoms with van der Waals surface area (Å²) in [5, 5.41) is 5.43. The molecule has 1 unspecified atom stereocenters. The van der Waals surface area contributed by atoms with Crippen molar-refractivity contribution in [2.24, 2.45) is 0 Å². The van der Waals surface area contributed by atoms with Gasteiger partial charge in [0, 0.05) is 25.3 Å². The highest BCUT2D eigenvalue weighted by atomic mass is 19.1. The van der Waals surface area contributed by atoms with Crippen molar-refractivity contribution in [3.63, 3.8) is 0 Å². The van der Waals surface area contributed by atoms with Gasteiger partial charge in [0.15, 0.2) is 0 Å². The zero-order chi connectivity index (χ0) is 18.7. The van der Waals surface area contributed by atoms with Gasteiger partial charge in [0.1, 0.15) is 11.9 Å². The predicted molar refractivity (Wildman–Crippen MR) is 92.3 cm³/mol. The van der Waals surface area contributed by atoms with Crippen molar-refractivity contribution in [2.45, 2.75) is 38.2 Å². The van der Waals surface area contributed by atoms with Crippen molar-refractivity contribution in [1.82, 2.24) is 10.6 Å². The SMILES string of the molecule is CCC(=O)NC[C@H]1CN(c2ccc(C3CCC(=O)NC3)c(F)c2)C(=O)O1. The molecule has 0 aliphatic carbocycles. The largest absolute Gasteiger partial charge is 0.442 e. The van der Waals surface area contributed by atoms with E-state index in [-0.39, 0.29) is 30.8 Å². The Kier molecular flexibility index (Phi) is 5.39. The number of anilines is 1. The second-order valence-corrected chi connectivity index (χ2v) is 6.52. The normalized spacial score (nSPS) is 22.8. The highest BCUT2D eigenvalue weighted by Crippen LogP contribution is 2.30. The van der Waals surface area contributed by atoms with Crippen LogP contribution in [0.3, 0.4) is 0 Å². The maximum atomic E-state index is 14.6. The highest BCUT2D eigenvalue weighted by Gasteiger charge is 2.33. The summed E-state index contributed by atoms with van der Waals surface area (Å²) in [4.78, 5) is 36.0. The lowest BCUT2D eigenvalue weighted by molar-refractivity contribution is -0.122. The molecule has 2 saturated heterocycles. The summed E-state index contributed by atoms with van der Waals surface area (Å²) in [6.07, 6.45) is 0.327. The first-order valence-corrected chi connectivity index (χ1v) is 8.79. The van der Waals surface area contributed by atoms with Crippen molar-refractivity contribution in [3.05, 3.63) is 29.6 Å². The van der Waals surface area contributed by atoms with Gasteiger partial charge in [-0.2, -0.15) is 0 Å². The van der Waals surface area contributed by atoms with Gasteiger partial charge in [0.25, 0.3) is 0 Å². The molecule has 0 spiro atoms. The number of carbonyl (C=O) groups excluding carboxylic acids is 3. The van der Waals surface area contributed by atoms with E-state index in [1.807, 2.05) is 0 Å². The molecule has 2 fully saturated rings. The molecule has 7 nitrogen and oxygen atoms in total. The molecule has 0 bridgehead atoms. The maximum absolute atomic E-state index is 14.6. The van der Waals surface area contributed by atoms with Crippen molar-refractivity contribution < 1.29 is 23.5 Å². The van der Waals surface area contributed by atoms with E-state index in [9.17, 15) is 18.8 Å². The third kappa shape index (κ3) is 3.95. The average molecular weight is 363 g/mol. The monoisotopic (exact) mass is 363 g/mol. The fourth-order valence-corrected chi connectivity index (χ4v) is 3.20. The molecule has 0 aromatic heterocycles. The number of cyclic esters (lactones) is 1. The number of nitrogens with one attached hydrogen (secondary N) is 2. The van der Waals surface area contributed by atoms with Crippen LogP contribution in [0.25, 0.3) is 0 Å². The van der Waals surface area contributed by atoms with Gasteiger partial charge in [-0.1, -0.05) is 13.0 Å². The Morgan fingerprint density at radius 2 is 2.23 bits per heavy atom. The molecule has 3 amide bonds. The van der Waals surface area contributed by atoms with Crippen molar-refractivity contribution in [3.8, 4) is 0 Å². The number of hydrogen-bond acceptors (Lipinski definition) is 4. The predicted octanol–water partition coefficient (Wildman–Crippen LogP) is 1.67. The standard InChI is InChI=1S/C18H22FN3O4/c1-2-16(23)21-9-13-10-22(18(25)26-13)12-4-5-14(15(19)7-12)11-3-6-17(24)20-8-11/h4-5,7,11,13H,2-3,6,8-10H2,1H3,(H,20,24)(H,21,23)/t11?,13-/m0/s1. The molecule has 0 radical (unpaired) electrons. The summed E-state index contributed by atoms with van der Waals surface area (Å²) in [5.74, 6) is -0.600. The fourth-order valence-electron chi connectivity index (χ4n) is 3.20. The average Bonchev–Trinajstić information content (AvgIpc) is 3.01. The number of benzene rings is 1. The summed E-state index contributed by atoms with van der Waals surface area (Å²) >= 11 is 0. The third-order valence-electron chi connectivity index (χ3n) is 4.72. The van der Waals surface area contributed by atoms with E-state index in [2.05, 4.69) is 10.6 Å². The van der Waals surface area contributed by atoms with Gasteiger partial charge in [-0.3, -0.25) is 14.5 Å². The topological polar surface area (TPSA) is 87.7 Å². The lowest BCUT2D eigenvalue weighted by Crippen LogP contribution is -2.34. The third-order valence-corrected chi connectivity index (χ3v) is 4.72. The lowest BCUT2D eigenvalue weighted by atomic mass is 9.91. The maximum Gasteiger partial charge on any atom is 0.414 e. The molecule has 2 aliphatic heterocycles. The Morgan fingerprint density at radius 1 is 1.42 bits per heavy atom. The van der Waals surface area contributed by atoms with Gasteiger partial charge >= 0.3 is 6.09 Å². The minimum atomic E-state index is -0.558. The Balaban J connectivity index is 1.66. The molecule has 2 atom stereocenters. The Labute approximate surface area is 150 Å². The number of nitrogens with zero attached hydrogens (tertiary/aromatic N) is 1. The molecule has 26 heavy (non-hydrogen) atoms. The Hall–Kier alpha value is -2.64. The number of hydrogen-bond donors (Lipinski definition) is 2. The highest BCUT2D eigenvalue weighted by molar-refractivity contribution is 5.90. The summed E-state index contributed by atoms with van der Waals surface area (Å²) in [7, 11) is 0. The summed E-state index contributed by atoms with van der Waals surface area (Å²) < 4.78 is 19.8. The summed E-state index contributed by atoms with van der Waals surface area (Å²) in [6.45, 7) is 2.64. The number of rotatable bonds is 5. The summed E-state index contributed by atoms with van der Waals surface area (Å²) in [5.41, 5.74) is 0.952. The molecule has 2 N–H and O–H groups in total. The lowest BCUT2D eigenvalue weighted by Gasteiger charge is -2.24. The molecule has 1 aromatic rings. The van der Waals surface area contributed by atoms with Gasteiger partial charge in [0.05, 0.1) is 18.8 Å². The number of halogens is 1. The molecular weight excluding hydrogens is 341 g/mol. The van der Waals surface area contributed by atoms with E-state index in [1.165, 1.54) is 11.0 Å². The molecule has 1 aromatic carbocycles. The van der Waals surface area contributed by atoms with E-state index in [4.69, 9.17) is 4.74 Å². The number of ether oxygens (including phenoxy) is 1. The summed E-state index contributed by atoms with van der Waals surface area (Å²) in [6, 6.07) is 4.66. The van der Waals surface area contributed by atoms with Crippen LogP contribution in [0.1, 0.15) is 37.7 Å². The van der Waals surface area contributed by atoms with E-state index in [1.54, 1.807) is 19.1 Å². The van der Waals surface area contributed by atoms with Crippen molar-refractivity contribution >= 4 is 23.6 Å². The van der Waals surface area contributed by atoms with Gasteiger partial charge in [0.2, 0.25) is 11.8 Å². The van der Waals surface area contributed by atoms with Crippen molar-refractivity contribution in [2.75, 3.05) is 24.5 Å². The molecule has 3 rings (SSSR count). The zero-order valence-electron chi connectivity index (χ0n) is 14.6. The molecular formula is C18H22FN3O4. The van der Waals surface area contributed by atoms with Gasteiger partial charge in [-0.05, 0) is 24.1 Å². The van der Waals surface area contributed by atoms with Crippen molar-refractivity contribution in [1.29, 1.82) is 0 Å². The van der Waals surface area contributed by atoms with Crippen LogP contribution < -0.4 is 15.5 Å². The van der Waals surface area contributed by atoms with Crippen LogP contribution in [0, 0.1) is 5.82 Å². The van der Waals surface area contributed by atoms with E-state index >= 15 is 0 Å². The fraction of sp³-hybridized carbons (Fsp3) is 0.500. The molecule has 8 heteroatoms. The quantitative estimate of drug-likeness (QED) is 0.833. The number of carbonyl (C=O) groups is 3. The minimum Gasteiger partial charge on any atom is -0.442 e. The Bertz CT molecular complexity index is 714. The minimum absolute atomic E-state index is 0.0145. The first-order valence-electron chi connectivity index (χ1n) is 8.79. The zero-order valence-corrected chi connectivity index (χ0v) is 14.6. The van der Waals surface area contributed by atoms with Gasteiger partial charge < -0.3 is 15.4 Å². The molecule has 2 aliphatic rings. The van der Waals surface area contributed by atoms with Crippen LogP contribution >= 0.6 is 0 Å². The van der Waals surface area contributed by atoms with Crippen LogP contribution in [0.2, 0.25) is 0 Å². The van der Waals surface area contributed by atoms with Gasteiger partial charge in [-0.25, -0.2) is 9.18 Å². The van der Waals surface area contributed by atoms with Crippen LogP contribution in [0.15, 0.2) is 18.2 Å². The van der Waals surface area contributed by atoms with Crippen LogP contribution in [-0.2, 0) is 14.3 Å². The van der Waals surface area contributed by atoms with Crippen LogP contribution in [0.5, 0.6) is 0 Å². The second-order valence-electron chi connectivity index (χ2n) is 6.52. The van der Waals surface area contributed by atoms with E-state index in [0.29, 0.717) is 37.1 Å². The number of amides is 3. The first-order chi connectivity index (χ1) is 12.5. The van der Waals surface area contributed by atoms with Crippen LogP contribution in [0.4, 0.5) is 14.9 Å².